The number of piperidine rings is 1. The third kappa shape index (κ3) is 5.29. The fourth-order valence-electron chi connectivity index (χ4n) is 3.38. The lowest BCUT2D eigenvalue weighted by atomic mass is 10.0. The Morgan fingerprint density at radius 1 is 1.35 bits per heavy atom. The van der Waals surface area contributed by atoms with Crippen molar-refractivity contribution in [2.45, 2.75) is 45.8 Å². The van der Waals surface area contributed by atoms with Crippen molar-refractivity contribution in [3.63, 3.8) is 0 Å². The molecule has 2 aromatic rings. The summed E-state index contributed by atoms with van der Waals surface area (Å²) in [5.41, 5.74) is 3.63. The Hall–Kier alpha value is -1.92. The van der Waals surface area contributed by atoms with Crippen molar-refractivity contribution in [1.29, 1.82) is 0 Å². The number of rotatable bonds is 5. The van der Waals surface area contributed by atoms with E-state index in [-0.39, 0.29) is 12.1 Å². The highest BCUT2D eigenvalue weighted by Gasteiger charge is 2.22. The number of benzene rings is 1. The summed E-state index contributed by atoms with van der Waals surface area (Å²) in [5.74, 6) is 0. The first-order valence-electron chi connectivity index (χ1n) is 9.20. The molecule has 2 amide bonds. The minimum atomic E-state index is -0.00668. The average Bonchev–Trinajstić information content (AvgIpc) is 3.01. The summed E-state index contributed by atoms with van der Waals surface area (Å²) >= 11 is 1.62. The first-order chi connectivity index (χ1) is 12.5. The number of urea groups is 1. The highest BCUT2D eigenvalue weighted by molar-refractivity contribution is 7.09. The predicted molar refractivity (Wildman–Crippen MR) is 106 cm³/mol. The van der Waals surface area contributed by atoms with Crippen LogP contribution < -0.4 is 5.32 Å². The standard InChI is InChI=1S/C20H28N4OS/c1-15-5-4-6-17(11-15)12-24-9-7-18(8-10-24)22-20(25)23(3)13-19-14-26-16(2)21-19/h4-6,11,14,18H,7-10,12-13H2,1-3H3,(H,22,25). The lowest BCUT2D eigenvalue weighted by Gasteiger charge is -2.33. The van der Waals surface area contributed by atoms with Crippen LogP contribution in [0.5, 0.6) is 0 Å². The van der Waals surface area contributed by atoms with Crippen molar-refractivity contribution in [2.24, 2.45) is 0 Å². The van der Waals surface area contributed by atoms with Crippen LogP contribution in [0.3, 0.4) is 0 Å². The van der Waals surface area contributed by atoms with Gasteiger partial charge in [-0.15, -0.1) is 11.3 Å². The van der Waals surface area contributed by atoms with Gasteiger partial charge in [0.05, 0.1) is 17.2 Å². The lowest BCUT2D eigenvalue weighted by molar-refractivity contribution is 0.173. The van der Waals surface area contributed by atoms with Gasteiger partial charge in [0, 0.05) is 38.1 Å². The van der Waals surface area contributed by atoms with Crippen molar-refractivity contribution in [3.05, 3.63) is 51.5 Å². The Morgan fingerprint density at radius 3 is 2.77 bits per heavy atom. The molecule has 0 unspecified atom stereocenters. The molecule has 0 bridgehead atoms. The molecule has 0 radical (unpaired) electrons. The number of amides is 2. The van der Waals surface area contributed by atoms with Crippen LogP contribution in [0.25, 0.3) is 0 Å². The van der Waals surface area contributed by atoms with Crippen molar-refractivity contribution in [2.75, 3.05) is 20.1 Å². The van der Waals surface area contributed by atoms with Gasteiger partial charge < -0.3 is 10.2 Å². The van der Waals surface area contributed by atoms with Gasteiger partial charge in [0.2, 0.25) is 0 Å². The van der Waals surface area contributed by atoms with Gasteiger partial charge >= 0.3 is 6.03 Å². The Balaban J connectivity index is 1.42. The summed E-state index contributed by atoms with van der Waals surface area (Å²) in [6.45, 7) is 7.71. The number of nitrogens with one attached hydrogen (secondary N) is 1. The second-order valence-electron chi connectivity index (χ2n) is 7.20. The van der Waals surface area contributed by atoms with Crippen LogP contribution in [0, 0.1) is 13.8 Å². The van der Waals surface area contributed by atoms with Crippen molar-refractivity contribution in [1.82, 2.24) is 20.1 Å². The van der Waals surface area contributed by atoms with E-state index < -0.39 is 0 Å². The normalized spacial score (nSPS) is 15.8. The lowest BCUT2D eigenvalue weighted by Crippen LogP contribution is -2.48. The zero-order valence-electron chi connectivity index (χ0n) is 15.9. The Bertz CT molecular complexity index is 737. The highest BCUT2D eigenvalue weighted by Crippen LogP contribution is 2.15. The molecule has 1 aromatic heterocycles. The van der Waals surface area contributed by atoms with E-state index in [2.05, 4.69) is 46.4 Å². The topological polar surface area (TPSA) is 48.5 Å². The summed E-state index contributed by atoms with van der Waals surface area (Å²) in [6, 6.07) is 8.95. The molecule has 26 heavy (non-hydrogen) atoms. The molecule has 0 saturated carbocycles. The number of nitrogens with zero attached hydrogens (tertiary/aromatic N) is 3. The number of carbonyl (C=O) groups excluding carboxylic acids is 1. The van der Waals surface area contributed by atoms with Crippen molar-refractivity contribution >= 4 is 17.4 Å². The molecule has 0 aliphatic carbocycles. The molecule has 1 aromatic carbocycles. The first kappa shape index (κ1) is 18.9. The smallest absolute Gasteiger partial charge is 0.317 e. The molecule has 1 aliphatic rings. The SMILES string of the molecule is Cc1cccc(CN2CCC(NC(=O)N(C)Cc3csc(C)n3)CC2)c1. The van der Waals surface area contributed by atoms with Crippen LogP contribution in [0.1, 0.15) is 34.7 Å². The Labute approximate surface area is 160 Å². The van der Waals surface area contributed by atoms with Gasteiger partial charge in [0.25, 0.3) is 0 Å². The second-order valence-corrected chi connectivity index (χ2v) is 8.27. The maximum atomic E-state index is 12.4. The second kappa shape index (κ2) is 8.64. The molecular weight excluding hydrogens is 344 g/mol. The molecule has 1 N–H and O–H groups in total. The highest BCUT2D eigenvalue weighted by atomic mass is 32.1. The van der Waals surface area contributed by atoms with Gasteiger partial charge in [-0.25, -0.2) is 9.78 Å². The molecule has 0 atom stereocenters. The van der Waals surface area contributed by atoms with Gasteiger partial charge in [-0.2, -0.15) is 0 Å². The summed E-state index contributed by atoms with van der Waals surface area (Å²) < 4.78 is 0. The van der Waals surface area contributed by atoms with E-state index in [0.29, 0.717) is 6.54 Å². The molecule has 1 aliphatic heterocycles. The van der Waals surface area contributed by atoms with E-state index in [9.17, 15) is 4.79 Å². The Kier molecular flexibility index (Phi) is 6.27. The first-order valence-corrected chi connectivity index (χ1v) is 10.1. The van der Waals surface area contributed by atoms with Crippen LogP contribution in [0.15, 0.2) is 29.6 Å². The zero-order valence-corrected chi connectivity index (χ0v) is 16.7. The largest absolute Gasteiger partial charge is 0.335 e. The fraction of sp³-hybridized carbons (Fsp3) is 0.500. The molecule has 2 heterocycles. The predicted octanol–water partition coefficient (Wildman–Crippen LogP) is 3.57. The molecule has 140 valence electrons. The third-order valence-electron chi connectivity index (χ3n) is 4.82. The van der Waals surface area contributed by atoms with Gasteiger partial charge in [0.1, 0.15) is 0 Å². The van der Waals surface area contributed by atoms with Crippen LogP contribution in [0.4, 0.5) is 4.79 Å². The summed E-state index contributed by atoms with van der Waals surface area (Å²) in [5, 5.41) is 6.23. The average molecular weight is 373 g/mol. The van der Waals surface area contributed by atoms with E-state index in [1.54, 1.807) is 16.2 Å². The van der Waals surface area contributed by atoms with E-state index in [1.165, 1.54) is 11.1 Å². The van der Waals surface area contributed by atoms with E-state index in [4.69, 9.17) is 0 Å². The zero-order chi connectivity index (χ0) is 18.5. The summed E-state index contributed by atoms with van der Waals surface area (Å²) in [4.78, 5) is 21.0. The van der Waals surface area contributed by atoms with E-state index in [0.717, 1.165) is 43.2 Å². The van der Waals surface area contributed by atoms with Crippen LogP contribution in [0.2, 0.25) is 0 Å². The number of aromatic nitrogens is 1. The van der Waals surface area contributed by atoms with E-state index >= 15 is 0 Å². The maximum absolute atomic E-state index is 12.4. The van der Waals surface area contributed by atoms with Crippen LogP contribution in [-0.2, 0) is 13.1 Å². The molecule has 3 rings (SSSR count). The minimum absolute atomic E-state index is 0.00668. The number of aryl methyl sites for hydroxylation is 2. The number of hydrogen-bond donors (Lipinski definition) is 1. The number of carbonyl (C=O) groups is 1. The fourth-order valence-corrected chi connectivity index (χ4v) is 3.99. The van der Waals surface area contributed by atoms with Crippen LogP contribution in [-0.4, -0.2) is 47.0 Å². The van der Waals surface area contributed by atoms with E-state index in [1.807, 2.05) is 19.4 Å². The third-order valence-corrected chi connectivity index (χ3v) is 5.64. The van der Waals surface area contributed by atoms with Gasteiger partial charge in [-0.1, -0.05) is 29.8 Å². The molecule has 6 heteroatoms. The molecule has 1 saturated heterocycles. The summed E-state index contributed by atoms with van der Waals surface area (Å²) in [7, 11) is 1.83. The Morgan fingerprint density at radius 2 is 2.12 bits per heavy atom. The van der Waals surface area contributed by atoms with Gasteiger partial charge in [0.15, 0.2) is 0 Å². The van der Waals surface area contributed by atoms with Crippen LogP contribution >= 0.6 is 11.3 Å². The number of likely N-dealkylation sites (tertiary alicyclic amines) is 1. The minimum Gasteiger partial charge on any atom is -0.335 e. The van der Waals surface area contributed by atoms with Gasteiger partial charge in [-0.3, -0.25) is 4.90 Å². The quantitative estimate of drug-likeness (QED) is 0.873. The number of hydrogen-bond acceptors (Lipinski definition) is 4. The monoisotopic (exact) mass is 372 g/mol. The number of thiazole rings is 1. The van der Waals surface area contributed by atoms with Crippen molar-refractivity contribution in [3.8, 4) is 0 Å². The molecular formula is C20H28N4OS. The molecule has 0 spiro atoms. The van der Waals surface area contributed by atoms with Gasteiger partial charge in [-0.05, 0) is 32.3 Å². The maximum Gasteiger partial charge on any atom is 0.317 e. The molecule has 5 nitrogen and oxygen atoms in total. The van der Waals surface area contributed by atoms with Crippen molar-refractivity contribution < 1.29 is 4.79 Å². The molecule has 1 fully saturated rings. The summed E-state index contributed by atoms with van der Waals surface area (Å²) in [6.07, 6.45) is 2.00.